The van der Waals surface area contributed by atoms with Gasteiger partial charge in [-0.2, -0.15) is 4.31 Å². The molecule has 1 amide bonds. The van der Waals surface area contributed by atoms with Crippen molar-refractivity contribution in [3.05, 3.63) is 29.8 Å². The normalized spacial score (nSPS) is 21.1. The zero-order chi connectivity index (χ0) is 18.6. The third kappa shape index (κ3) is 5.12. The number of benzene rings is 1. The van der Waals surface area contributed by atoms with Gasteiger partial charge in [0.2, 0.25) is 15.9 Å². The van der Waals surface area contributed by atoms with E-state index < -0.39 is 10.0 Å². The van der Waals surface area contributed by atoms with Crippen molar-refractivity contribution >= 4 is 21.7 Å². The molecule has 1 fully saturated rings. The van der Waals surface area contributed by atoms with Gasteiger partial charge in [-0.25, -0.2) is 8.42 Å². The first-order valence-corrected chi connectivity index (χ1v) is 10.0. The van der Waals surface area contributed by atoms with Crippen LogP contribution in [-0.4, -0.2) is 44.0 Å². The molecule has 0 spiro atoms. The summed E-state index contributed by atoms with van der Waals surface area (Å²) in [6.45, 7) is 3.41. The van der Waals surface area contributed by atoms with Gasteiger partial charge in [-0.1, -0.05) is 19.1 Å². The Balaban J connectivity index is 1.97. The Bertz CT molecular complexity index is 720. The van der Waals surface area contributed by atoms with Gasteiger partial charge in [0.1, 0.15) is 0 Å². The Labute approximate surface area is 149 Å². The fourth-order valence-corrected chi connectivity index (χ4v) is 4.13. The highest BCUT2D eigenvalue weighted by atomic mass is 32.2. The molecule has 0 atom stereocenters. The first-order valence-electron chi connectivity index (χ1n) is 8.57. The molecule has 1 aliphatic rings. The van der Waals surface area contributed by atoms with Crippen LogP contribution in [0.4, 0.5) is 0 Å². The zero-order valence-electron chi connectivity index (χ0n) is 15.0. The molecule has 1 N–H and O–H groups in total. The average molecular weight is 366 g/mol. The molecule has 2 rings (SSSR count). The molecule has 138 valence electrons. The molecule has 0 bridgehead atoms. The Morgan fingerprint density at radius 2 is 1.68 bits per heavy atom. The SMILES string of the molecule is CC(=O)c1ccc(S(=O)(=O)N(C)CC(=O)NC2CCC(C)CC2)cc1. The highest BCUT2D eigenvalue weighted by Crippen LogP contribution is 2.23. The number of sulfonamides is 1. The minimum Gasteiger partial charge on any atom is -0.352 e. The highest BCUT2D eigenvalue weighted by Gasteiger charge is 2.25. The topological polar surface area (TPSA) is 83.6 Å². The fourth-order valence-electron chi connectivity index (χ4n) is 3.01. The van der Waals surface area contributed by atoms with E-state index in [2.05, 4.69) is 12.2 Å². The summed E-state index contributed by atoms with van der Waals surface area (Å²) in [6.07, 6.45) is 4.05. The molecular formula is C18H26N2O4S. The van der Waals surface area contributed by atoms with Crippen molar-refractivity contribution in [1.29, 1.82) is 0 Å². The van der Waals surface area contributed by atoms with Crippen molar-refractivity contribution in [3.63, 3.8) is 0 Å². The monoisotopic (exact) mass is 366 g/mol. The van der Waals surface area contributed by atoms with E-state index in [1.165, 1.54) is 38.2 Å². The molecule has 0 saturated heterocycles. The standard InChI is InChI=1S/C18H26N2O4S/c1-13-4-8-16(9-5-13)19-18(22)12-20(3)25(23,24)17-10-6-15(7-11-17)14(2)21/h6-7,10-11,13,16H,4-5,8-9,12H2,1-3H3,(H,19,22). The summed E-state index contributed by atoms with van der Waals surface area (Å²) < 4.78 is 26.1. The van der Waals surface area contributed by atoms with Gasteiger partial charge in [0, 0.05) is 18.7 Å². The van der Waals surface area contributed by atoms with Crippen LogP contribution in [0.2, 0.25) is 0 Å². The van der Waals surface area contributed by atoms with Gasteiger partial charge in [-0.15, -0.1) is 0 Å². The van der Waals surface area contributed by atoms with Crippen molar-refractivity contribution in [2.24, 2.45) is 5.92 Å². The molecule has 1 aliphatic carbocycles. The van der Waals surface area contributed by atoms with Crippen molar-refractivity contribution in [1.82, 2.24) is 9.62 Å². The van der Waals surface area contributed by atoms with E-state index in [-0.39, 0.29) is 29.2 Å². The van der Waals surface area contributed by atoms with Crippen LogP contribution in [0, 0.1) is 5.92 Å². The molecule has 0 unspecified atom stereocenters. The number of carbonyl (C=O) groups is 2. The first-order chi connectivity index (χ1) is 11.7. The Morgan fingerprint density at radius 1 is 1.12 bits per heavy atom. The van der Waals surface area contributed by atoms with E-state index in [0.29, 0.717) is 11.5 Å². The van der Waals surface area contributed by atoms with E-state index >= 15 is 0 Å². The van der Waals surface area contributed by atoms with Crippen LogP contribution in [0.1, 0.15) is 49.9 Å². The van der Waals surface area contributed by atoms with Crippen molar-refractivity contribution in [2.45, 2.75) is 50.5 Å². The maximum Gasteiger partial charge on any atom is 0.243 e. The smallest absolute Gasteiger partial charge is 0.243 e. The molecule has 6 nitrogen and oxygen atoms in total. The Kier molecular flexibility index (Phi) is 6.35. The van der Waals surface area contributed by atoms with Crippen LogP contribution in [0.5, 0.6) is 0 Å². The summed E-state index contributed by atoms with van der Waals surface area (Å²) in [5, 5.41) is 2.93. The number of nitrogens with one attached hydrogen (secondary N) is 1. The van der Waals surface area contributed by atoms with Gasteiger partial charge >= 0.3 is 0 Å². The van der Waals surface area contributed by atoms with Gasteiger partial charge in [-0.05, 0) is 50.7 Å². The van der Waals surface area contributed by atoms with Crippen LogP contribution >= 0.6 is 0 Å². The third-order valence-corrected chi connectivity index (χ3v) is 6.53. The number of carbonyl (C=O) groups excluding carboxylic acids is 2. The van der Waals surface area contributed by atoms with Gasteiger partial charge in [0.25, 0.3) is 0 Å². The minimum atomic E-state index is -3.76. The summed E-state index contributed by atoms with van der Waals surface area (Å²) in [5.74, 6) is 0.277. The van der Waals surface area contributed by atoms with Crippen LogP contribution < -0.4 is 5.32 Å². The molecule has 25 heavy (non-hydrogen) atoms. The number of likely N-dealkylation sites (N-methyl/N-ethyl adjacent to an activating group) is 1. The number of Topliss-reactive ketones (excluding diaryl/α,β-unsaturated/α-hetero) is 1. The molecule has 0 radical (unpaired) electrons. The van der Waals surface area contributed by atoms with E-state index in [4.69, 9.17) is 0 Å². The summed E-state index contributed by atoms with van der Waals surface area (Å²) >= 11 is 0. The predicted molar refractivity (Wildman–Crippen MR) is 95.8 cm³/mol. The van der Waals surface area contributed by atoms with E-state index in [1.807, 2.05) is 0 Å². The molecule has 0 aliphatic heterocycles. The van der Waals surface area contributed by atoms with Crippen LogP contribution in [0.15, 0.2) is 29.2 Å². The summed E-state index contributed by atoms with van der Waals surface area (Å²) in [5.41, 5.74) is 0.450. The predicted octanol–water partition coefficient (Wildman–Crippen LogP) is 2.20. The van der Waals surface area contributed by atoms with Crippen LogP contribution in [0.25, 0.3) is 0 Å². The van der Waals surface area contributed by atoms with Gasteiger partial charge in [0.15, 0.2) is 5.78 Å². The van der Waals surface area contributed by atoms with Gasteiger partial charge < -0.3 is 5.32 Å². The lowest BCUT2D eigenvalue weighted by atomic mass is 9.87. The first kappa shape index (κ1) is 19.6. The second kappa shape index (κ2) is 8.10. The van der Waals surface area contributed by atoms with E-state index in [1.54, 1.807) is 0 Å². The zero-order valence-corrected chi connectivity index (χ0v) is 15.8. The molecular weight excluding hydrogens is 340 g/mol. The second-order valence-corrected chi connectivity index (χ2v) is 8.91. The largest absolute Gasteiger partial charge is 0.352 e. The van der Waals surface area contributed by atoms with Crippen LogP contribution in [-0.2, 0) is 14.8 Å². The van der Waals surface area contributed by atoms with E-state index in [0.717, 1.165) is 30.0 Å². The minimum absolute atomic E-state index is 0.0688. The summed E-state index contributed by atoms with van der Waals surface area (Å²) in [6, 6.07) is 5.87. The lowest BCUT2D eigenvalue weighted by Crippen LogP contribution is -2.43. The molecule has 1 saturated carbocycles. The van der Waals surface area contributed by atoms with Crippen LogP contribution in [0.3, 0.4) is 0 Å². The lowest BCUT2D eigenvalue weighted by Gasteiger charge is -2.27. The Hall–Kier alpha value is -1.73. The number of amides is 1. The number of rotatable bonds is 6. The molecule has 0 aromatic heterocycles. The highest BCUT2D eigenvalue weighted by molar-refractivity contribution is 7.89. The molecule has 1 aromatic rings. The molecule has 1 aromatic carbocycles. The van der Waals surface area contributed by atoms with Gasteiger partial charge in [0.05, 0.1) is 11.4 Å². The molecule has 7 heteroatoms. The van der Waals surface area contributed by atoms with Crippen molar-refractivity contribution in [3.8, 4) is 0 Å². The number of hydrogen-bond donors (Lipinski definition) is 1. The third-order valence-electron chi connectivity index (χ3n) is 4.72. The fraction of sp³-hybridized carbons (Fsp3) is 0.556. The second-order valence-electron chi connectivity index (χ2n) is 6.87. The molecule has 0 heterocycles. The van der Waals surface area contributed by atoms with Crippen molar-refractivity contribution < 1.29 is 18.0 Å². The average Bonchev–Trinajstić information content (AvgIpc) is 2.57. The number of nitrogens with zero attached hydrogens (tertiary/aromatic N) is 1. The maximum atomic E-state index is 12.5. The summed E-state index contributed by atoms with van der Waals surface area (Å²) in [4.78, 5) is 23.5. The quantitative estimate of drug-likeness (QED) is 0.783. The number of hydrogen-bond acceptors (Lipinski definition) is 4. The van der Waals surface area contributed by atoms with Crippen molar-refractivity contribution in [2.75, 3.05) is 13.6 Å². The lowest BCUT2D eigenvalue weighted by molar-refractivity contribution is -0.122. The van der Waals surface area contributed by atoms with E-state index in [9.17, 15) is 18.0 Å². The summed E-state index contributed by atoms with van der Waals surface area (Å²) in [7, 11) is -2.38. The van der Waals surface area contributed by atoms with Gasteiger partial charge in [-0.3, -0.25) is 9.59 Å². The Morgan fingerprint density at radius 3 is 2.20 bits per heavy atom. The maximum absolute atomic E-state index is 12.5. The number of ketones is 1.